The van der Waals surface area contributed by atoms with E-state index in [9.17, 15) is 4.79 Å². The molecule has 0 spiro atoms. The Morgan fingerprint density at radius 2 is 1.63 bits per heavy atom. The third-order valence-corrected chi connectivity index (χ3v) is 4.66. The molecule has 0 unspecified atom stereocenters. The van der Waals surface area contributed by atoms with Crippen LogP contribution in [0.2, 0.25) is 0 Å². The molecule has 0 saturated carbocycles. The average Bonchev–Trinajstić information content (AvgIpc) is 2.64. The third kappa shape index (κ3) is 3.47. The van der Waals surface area contributed by atoms with Gasteiger partial charge in [0.25, 0.3) is 0 Å². The molecule has 0 atom stereocenters. The highest BCUT2D eigenvalue weighted by molar-refractivity contribution is 5.95. The summed E-state index contributed by atoms with van der Waals surface area (Å²) in [6.07, 6.45) is 1.73. The van der Waals surface area contributed by atoms with E-state index in [-0.39, 0.29) is 5.56 Å². The van der Waals surface area contributed by atoms with Crippen LogP contribution in [-0.2, 0) is 0 Å². The summed E-state index contributed by atoms with van der Waals surface area (Å²) in [5, 5.41) is 4.66. The SMILES string of the molecule is Cc1cc(C)c2nc(C)cc(Nc3ccc(-c4ccc(=O)[nH]c4)cc3)c2c1. The predicted octanol–water partition coefficient (Wildman–Crippen LogP) is 5.26. The number of pyridine rings is 2. The van der Waals surface area contributed by atoms with Crippen molar-refractivity contribution in [3.05, 3.63) is 88.0 Å². The lowest BCUT2D eigenvalue weighted by atomic mass is 10.0. The minimum absolute atomic E-state index is 0.0949. The van der Waals surface area contributed by atoms with E-state index in [0.717, 1.165) is 39.1 Å². The highest BCUT2D eigenvalue weighted by atomic mass is 16.1. The number of hydrogen-bond acceptors (Lipinski definition) is 3. The molecule has 4 rings (SSSR count). The Kier molecular flexibility index (Phi) is 4.24. The van der Waals surface area contributed by atoms with Crippen molar-refractivity contribution < 1.29 is 0 Å². The Morgan fingerprint density at radius 3 is 2.33 bits per heavy atom. The van der Waals surface area contributed by atoms with Crippen LogP contribution in [0.4, 0.5) is 11.4 Å². The van der Waals surface area contributed by atoms with E-state index in [1.54, 1.807) is 6.20 Å². The first-order valence-corrected chi connectivity index (χ1v) is 8.94. The number of rotatable bonds is 3. The van der Waals surface area contributed by atoms with Crippen LogP contribution in [0.3, 0.4) is 0 Å². The molecule has 0 bridgehead atoms. The Balaban J connectivity index is 1.70. The monoisotopic (exact) mass is 355 g/mol. The zero-order valence-corrected chi connectivity index (χ0v) is 15.6. The Hall–Kier alpha value is -3.40. The summed E-state index contributed by atoms with van der Waals surface area (Å²) in [5.41, 5.74) is 8.44. The van der Waals surface area contributed by atoms with Gasteiger partial charge in [0.15, 0.2) is 0 Å². The number of aromatic amines is 1. The molecule has 4 heteroatoms. The van der Waals surface area contributed by atoms with Crippen LogP contribution in [0.5, 0.6) is 0 Å². The minimum atomic E-state index is -0.0949. The molecular formula is C23H21N3O. The second-order valence-corrected chi connectivity index (χ2v) is 6.93. The van der Waals surface area contributed by atoms with Crippen molar-refractivity contribution in [2.45, 2.75) is 20.8 Å². The largest absolute Gasteiger partial charge is 0.355 e. The molecule has 2 N–H and O–H groups in total. The molecule has 4 aromatic rings. The summed E-state index contributed by atoms with van der Waals surface area (Å²) in [4.78, 5) is 18.6. The maximum Gasteiger partial charge on any atom is 0.247 e. The van der Waals surface area contributed by atoms with Crippen LogP contribution in [0.25, 0.3) is 22.0 Å². The Bertz CT molecular complexity index is 1170. The Morgan fingerprint density at radius 1 is 0.889 bits per heavy atom. The second kappa shape index (κ2) is 6.72. The molecule has 2 heterocycles. The highest BCUT2D eigenvalue weighted by Crippen LogP contribution is 2.30. The first-order valence-electron chi connectivity index (χ1n) is 8.94. The van der Waals surface area contributed by atoms with Gasteiger partial charge in [-0.2, -0.15) is 0 Å². The van der Waals surface area contributed by atoms with Gasteiger partial charge >= 0.3 is 0 Å². The zero-order chi connectivity index (χ0) is 19.0. The second-order valence-electron chi connectivity index (χ2n) is 6.93. The molecule has 0 aliphatic carbocycles. The summed E-state index contributed by atoms with van der Waals surface area (Å²) < 4.78 is 0. The Labute approximate surface area is 157 Å². The van der Waals surface area contributed by atoms with Gasteiger partial charge in [-0.3, -0.25) is 9.78 Å². The smallest absolute Gasteiger partial charge is 0.247 e. The molecule has 0 aliphatic rings. The van der Waals surface area contributed by atoms with E-state index in [4.69, 9.17) is 4.98 Å². The zero-order valence-electron chi connectivity index (χ0n) is 15.6. The van der Waals surface area contributed by atoms with Gasteiger partial charge in [0, 0.05) is 34.7 Å². The summed E-state index contributed by atoms with van der Waals surface area (Å²) in [6, 6.07) is 18.0. The first-order chi connectivity index (χ1) is 13.0. The van der Waals surface area contributed by atoms with Gasteiger partial charge in [0.1, 0.15) is 0 Å². The first kappa shape index (κ1) is 17.0. The maximum absolute atomic E-state index is 11.2. The van der Waals surface area contributed by atoms with Crippen LogP contribution in [0, 0.1) is 20.8 Å². The number of benzene rings is 2. The fourth-order valence-corrected chi connectivity index (χ4v) is 3.40. The van der Waals surface area contributed by atoms with Gasteiger partial charge in [-0.15, -0.1) is 0 Å². The van der Waals surface area contributed by atoms with Gasteiger partial charge < -0.3 is 10.3 Å². The summed E-state index contributed by atoms with van der Waals surface area (Å²) in [7, 11) is 0. The normalized spacial score (nSPS) is 10.9. The van der Waals surface area contributed by atoms with Crippen LogP contribution in [-0.4, -0.2) is 9.97 Å². The summed E-state index contributed by atoms with van der Waals surface area (Å²) in [5.74, 6) is 0. The molecule has 0 saturated heterocycles. The molecule has 0 fully saturated rings. The average molecular weight is 355 g/mol. The van der Waals surface area contributed by atoms with Gasteiger partial charge in [-0.25, -0.2) is 0 Å². The van der Waals surface area contributed by atoms with E-state index < -0.39 is 0 Å². The lowest BCUT2D eigenvalue weighted by Crippen LogP contribution is -2.01. The van der Waals surface area contributed by atoms with Crippen LogP contribution in [0.1, 0.15) is 16.8 Å². The van der Waals surface area contributed by atoms with Crippen molar-refractivity contribution in [2.24, 2.45) is 0 Å². The van der Waals surface area contributed by atoms with E-state index >= 15 is 0 Å². The number of nitrogens with zero attached hydrogens (tertiary/aromatic N) is 1. The summed E-state index contributed by atoms with van der Waals surface area (Å²) >= 11 is 0. The molecule has 0 radical (unpaired) electrons. The number of anilines is 2. The number of aromatic nitrogens is 2. The van der Waals surface area contributed by atoms with Gasteiger partial charge in [0.05, 0.1) is 5.52 Å². The van der Waals surface area contributed by atoms with Gasteiger partial charge in [-0.05, 0) is 67.8 Å². The molecule has 134 valence electrons. The molecule has 0 aliphatic heterocycles. The van der Waals surface area contributed by atoms with Crippen molar-refractivity contribution in [2.75, 3.05) is 5.32 Å². The topological polar surface area (TPSA) is 57.8 Å². The molecule has 0 amide bonds. The van der Waals surface area contributed by atoms with Crippen molar-refractivity contribution in [3.8, 4) is 11.1 Å². The van der Waals surface area contributed by atoms with E-state index in [1.807, 2.05) is 37.3 Å². The number of H-pyrrole nitrogens is 1. The van der Waals surface area contributed by atoms with Crippen molar-refractivity contribution in [1.82, 2.24) is 9.97 Å². The van der Waals surface area contributed by atoms with Crippen molar-refractivity contribution >= 4 is 22.3 Å². The molecule has 2 aromatic heterocycles. The van der Waals surface area contributed by atoms with Gasteiger partial charge in [0.2, 0.25) is 5.56 Å². The number of nitrogens with one attached hydrogen (secondary N) is 2. The standard InChI is InChI=1S/C23H21N3O/c1-14-10-15(2)23-20(11-14)21(12-16(3)25-23)26-19-7-4-17(5-8-19)18-6-9-22(27)24-13-18/h4-13H,1-3H3,(H,24,27)(H,25,26). The molecule has 4 nitrogen and oxygen atoms in total. The maximum atomic E-state index is 11.2. The quantitative estimate of drug-likeness (QED) is 0.527. The van der Waals surface area contributed by atoms with E-state index in [2.05, 4.69) is 42.3 Å². The number of hydrogen-bond donors (Lipinski definition) is 2. The third-order valence-electron chi connectivity index (χ3n) is 4.66. The van der Waals surface area contributed by atoms with Crippen LogP contribution < -0.4 is 10.9 Å². The predicted molar refractivity (Wildman–Crippen MR) is 112 cm³/mol. The summed E-state index contributed by atoms with van der Waals surface area (Å²) in [6.45, 7) is 6.22. The molecule has 27 heavy (non-hydrogen) atoms. The molecular weight excluding hydrogens is 334 g/mol. The highest BCUT2D eigenvalue weighted by Gasteiger charge is 2.08. The number of aryl methyl sites for hydroxylation is 3. The number of fused-ring (bicyclic) bond motifs is 1. The fraction of sp³-hybridized carbons (Fsp3) is 0.130. The fourth-order valence-electron chi connectivity index (χ4n) is 3.40. The van der Waals surface area contributed by atoms with Crippen molar-refractivity contribution in [3.63, 3.8) is 0 Å². The van der Waals surface area contributed by atoms with Crippen molar-refractivity contribution in [1.29, 1.82) is 0 Å². The lowest BCUT2D eigenvalue weighted by molar-refractivity contribution is 1.23. The minimum Gasteiger partial charge on any atom is -0.355 e. The van der Waals surface area contributed by atoms with E-state index in [1.165, 1.54) is 17.2 Å². The van der Waals surface area contributed by atoms with Crippen LogP contribution in [0.15, 0.2) is 65.6 Å². The van der Waals surface area contributed by atoms with Gasteiger partial charge in [-0.1, -0.05) is 23.8 Å². The molecule has 2 aromatic carbocycles. The lowest BCUT2D eigenvalue weighted by Gasteiger charge is -2.13. The van der Waals surface area contributed by atoms with E-state index in [0.29, 0.717) is 0 Å². The van der Waals surface area contributed by atoms with Crippen LogP contribution >= 0.6 is 0 Å².